The summed E-state index contributed by atoms with van der Waals surface area (Å²) in [5, 5.41) is 17.3. The second-order valence-corrected chi connectivity index (χ2v) is 5.89. The van der Waals surface area contributed by atoms with E-state index >= 15 is 0 Å². The Hall–Kier alpha value is -1.59. The molecule has 0 bridgehead atoms. The molecule has 6 heteroatoms. The average Bonchev–Trinajstić information content (AvgIpc) is 2.88. The molecule has 0 saturated carbocycles. The van der Waals surface area contributed by atoms with Gasteiger partial charge in [0.25, 0.3) is 0 Å². The smallest absolute Gasteiger partial charge is 0.0925 e. The Kier molecular flexibility index (Phi) is 6.19. The van der Waals surface area contributed by atoms with Crippen LogP contribution in [0.2, 0.25) is 0 Å². The SMILES string of the molecule is CC(C)(N)c1ccc(-c2ccc3n[nH]c(CO)c3c2)cc1.Cl.Cl. The second-order valence-electron chi connectivity index (χ2n) is 5.89. The van der Waals surface area contributed by atoms with Crippen molar-refractivity contribution in [3.63, 3.8) is 0 Å². The first-order valence-electron chi connectivity index (χ1n) is 6.97. The number of halogens is 2. The summed E-state index contributed by atoms with van der Waals surface area (Å²) in [6.07, 6.45) is 0. The Bertz CT molecular complexity index is 777. The summed E-state index contributed by atoms with van der Waals surface area (Å²) < 4.78 is 0. The molecule has 3 aromatic rings. The van der Waals surface area contributed by atoms with E-state index in [4.69, 9.17) is 5.73 Å². The molecule has 0 fully saturated rings. The number of benzene rings is 2. The zero-order valence-corrected chi connectivity index (χ0v) is 14.7. The highest BCUT2D eigenvalue weighted by Gasteiger charge is 2.13. The van der Waals surface area contributed by atoms with Gasteiger partial charge >= 0.3 is 0 Å². The van der Waals surface area contributed by atoms with Gasteiger partial charge in [-0.3, -0.25) is 5.10 Å². The van der Waals surface area contributed by atoms with Crippen LogP contribution >= 0.6 is 24.8 Å². The predicted molar refractivity (Wildman–Crippen MR) is 99.2 cm³/mol. The summed E-state index contributed by atoms with van der Waals surface area (Å²) in [4.78, 5) is 0. The third kappa shape index (κ3) is 3.85. The van der Waals surface area contributed by atoms with Gasteiger partial charge in [0.2, 0.25) is 0 Å². The Morgan fingerprint density at radius 3 is 2.22 bits per heavy atom. The fourth-order valence-electron chi connectivity index (χ4n) is 2.46. The molecular formula is C17H21Cl2N3O. The van der Waals surface area contributed by atoms with Crippen molar-refractivity contribution in [1.29, 1.82) is 0 Å². The van der Waals surface area contributed by atoms with Gasteiger partial charge in [0.15, 0.2) is 0 Å². The van der Waals surface area contributed by atoms with Gasteiger partial charge in [0.05, 0.1) is 17.8 Å². The number of aliphatic hydroxyl groups is 1. The van der Waals surface area contributed by atoms with E-state index in [1.165, 1.54) is 0 Å². The lowest BCUT2D eigenvalue weighted by atomic mass is 9.93. The van der Waals surface area contributed by atoms with Crippen LogP contribution in [-0.4, -0.2) is 15.3 Å². The zero-order chi connectivity index (χ0) is 15.0. The highest BCUT2D eigenvalue weighted by Crippen LogP contribution is 2.27. The van der Waals surface area contributed by atoms with Crippen molar-refractivity contribution in [3.8, 4) is 11.1 Å². The maximum Gasteiger partial charge on any atom is 0.0925 e. The van der Waals surface area contributed by atoms with E-state index in [9.17, 15) is 5.11 Å². The molecule has 0 aliphatic heterocycles. The maximum atomic E-state index is 9.33. The molecule has 0 saturated heterocycles. The molecule has 0 unspecified atom stereocenters. The van der Waals surface area contributed by atoms with Crippen LogP contribution in [0.4, 0.5) is 0 Å². The number of nitrogens with two attached hydrogens (primary N) is 1. The molecule has 4 nitrogen and oxygen atoms in total. The largest absolute Gasteiger partial charge is 0.390 e. The Balaban J connectivity index is 0.00000132. The summed E-state index contributed by atoms with van der Waals surface area (Å²) in [7, 11) is 0. The average molecular weight is 354 g/mol. The van der Waals surface area contributed by atoms with Crippen LogP contribution in [-0.2, 0) is 12.1 Å². The number of fused-ring (bicyclic) bond motifs is 1. The second kappa shape index (κ2) is 7.32. The lowest BCUT2D eigenvalue weighted by Crippen LogP contribution is -2.28. The van der Waals surface area contributed by atoms with E-state index < -0.39 is 0 Å². The molecule has 2 aromatic carbocycles. The third-order valence-corrected chi connectivity index (χ3v) is 3.75. The molecule has 0 aliphatic rings. The van der Waals surface area contributed by atoms with Crippen molar-refractivity contribution in [1.82, 2.24) is 10.2 Å². The van der Waals surface area contributed by atoms with Crippen LogP contribution in [0.3, 0.4) is 0 Å². The Morgan fingerprint density at radius 2 is 1.65 bits per heavy atom. The van der Waals surface area contributed by atoms with Crippen LogP contribution in [0.5, 0.6) is 0 Å². The zero-order valence-electron chi connectivity index (χ0n) is 13.0. The fraction of sp³-hybridized carbons (Fsp3) is 0.235. The molecule has 124 valence electrons. The number of nitrogens with one attached hydrogen (secondary N) is 1. The highest BCUT2D eigenvalue weighted by molar-refractivity contribution is 5.86. The first kappa shape index (κ1) is 19.5. The van der Waals surface area contributed by atoms with Gasteiger partial charge in [-0.05, 0) is 42.7 Å². The monoisotopic (exact) mass is 353 g/mol. The first-order valence-corrected chi connectivity index (χ1v) is 6.97. The normalized spacial score (nSPS) is 11.0. The van der Waals surface area contributed by atoms with Crippen LogP contribution < -0.4 is 5.73 Å². The van der Waals surface area contributed by atoms with Crippen LogP contribution in [0.15, 0.2) is 42.5 Å². The minimum atomic E-state index is -0.336. The van der Waals surface area contributed by atoms with Crippen molar-refractivity contribution in [2.75, 3.05) is 0 Å². The van der Waals surface area contributed by atoms with Crippen molar-refractivity contribution in [3.05, 3.63) is 53.7 Å². The van der Waals surface area contributed by atoms with Crippen molar-refractivity contribution < 1.29 is 5.11 Å². The van der Waals surface area contributed by atoms with Gasteiger partial charge in [0.1, 0.15) is 0 Å². The van der Waals surface area contributed by atoms with Gasteiger partial charge in [-0.1, -0.05) is 30.3 Å². The van der Waals surface area contributed by atoms with Crippen LogP contribution in [0.25, 0.3) is 22.0 Å². The van der Waals surface area contributed by atoms with E-state index in [1.807, 2.05) is 32.0 Å². The quantitative estimate of drug-likeness (QED) is 0.670. The number of aliphatic hydroxyl groups excluding tert-OH is 1. The number of aromatic amines is 1. The summed E-state index contributed by atoms with van der Waals surface area (Å²) >= 11 is 0. The lowest BCUT2D eigenvalue weighted by Gasteiger charge is -2.19. The van der Waals surface area contributed by atoms with Gasteiger partial charge in [0, 0.05) is 10.9 Å². The van der Waals surface area contributed by atoms with Gasteiger partial charge < -0.3 is 10.8 Å². The van der Waals surface area contributed by atoms with E-state index in [-0.39, 0.29) is 37.0 Å². The van der Waals surface area contributed by atoms with E-state index in [0.717, 1.165) is 33.3 Å². The molecule has 1 heterocycles. The van der Waals surface area contributed by atoms with Gasteiger partial charge in [-0.25, -0.2) is 0 Å². The minimum absolute atomic E-state index is 0. The maximum absolute atomic E-state index is 9.33. The molecule has 1 aromatic heterocycles. The van der Waals surface area contributed by atoms with Gasteiger partial charge in [-0.2, -0.15) is 5.10 Å². The summed E-state index contributed by atoms with van der Waals surface area (Å²) in [6, 6.07) is 14.3. The molecule has 0 radical (unpaired) electrons. The number of hydrogen-bond donors (Lipinski definition) is 3. The van der Waals surface area contributed by atoms with E-state index in [2.05, 4.69) is 34.5 Å². The molecule has 0 amide bonds. The third-order valence-electron chi connectivity index (χ3n) is 3.75. The fourth-order valence-corrected chi connectivity index (χ4v) is 2.46. The number of nitrogens with zero attached hydrogens (tertiary/aromatic N) is 1. The number of rotatable bonds is 3. The number of aromatic nitrogens is 2. The molecule has 0 spiro atoms. The molecule has 4 N–H and O–H groups in total. The molecule has 0 atom stereocenters. The first-order chi connectivity index (χ1) is 9.99. The summed E-state index contributed by atoms with van der Waals surface area (Å²) in [6.45, 7) is 3.94. The molecule has 0 aliphatic carbocycles. The Morgan fingerprint density at radius 1 is 1.04 bits per heavy atom. The lowest BCUT2D eigenvalue weighted by molar-refractivity contribution is 0.278. The van der Waals surface area contributed by atoms with E-state index in [1.54, 1.807) is 0 Å². The number of H-pyrrole nitrogens is 1. The molecule has 3 rings (SSSR count). The topological polar surface area (TPSA) is 74.9 Å². The number of hydrogen-bond acceptors (Lipinski definition) is 3. The summed E-state index contributed by atoms with van der Waals surface area (Å²) in [5.41, 5.74) is 10.7. The standard InChI is InChI=1S/C17H19N3O.2ClH/c1-17(2,18)13-6-3-11(4-7-13)12-5-8-15-14(9-12)16(10-21)20-19-15;;/h3-9,21H,10,18H2,1-2H3,(H,19,20);2*1H. The van der Waals surface area contributed by atoms with Crippen molar-refractivity contribution in [2.24, 2.45) is 5.73 Å². The van der Waals surface area contributed by atoms with Crippen LogP contribution in [0.1, 0.15) is 25.1 Å². The van der Waals surface area contributed by atoms with Crippen molar-refractivity contribution >= 4 is 35.7 Å². The van der Waals surface area contributed by atoms with Crippen LogP contribution in [0, 0.1) is 0 Å². The summed E-state index contributed by atoms with van der Waals surface area (Å²) in [5.74, 6) is 0. The predicted octanol–water partition coefficient (Wildman–Crippen LogP) is 3.76. The van der Waals surface area contributed by atoms with Crippen molar-refractivity contribution in [2.45, 2.75) is 26.0 Å². The Labute approximate surface area is 147 Å². The van der Waals surface area contributed by atoms with Gasteiger partial charge in [-0.15, -0.1) is 24.8 Å². The van der Waals surface area contributed by atoms with E-state index in [0.29, 0.717) is 0 Å². The molecule has 23 heavy (non-hydrogen) atoms. The minimum Gasteiger partial charge on any atom is -0.390 e. The molecular weight excluding hydrogens is 333 g/mol. The highest BCUT2D eigenvalue weighted by atomic mass is 35.5.